The first kappa shape index (κ1) is 13.5. The highest BCUT2D eigenvalue weighted by molar-refractivity contribution is 9.10. The number of ether oxygens (including phenoxy) is 1. The molecule has 6 heteroatoms. The molecule has 92 valence electrons. The van der Waals surface area contributed by atoms with Crippen molar-refractivity contribution in [2.45, 2.75) is 6.54 Å². The highest BCUT2D eigenvalue weighted by Crippen LogP contribution is 2.23. The summed E-state index contributed by atoms with van der Waals surface area (Å²) in [5.74, 6) is -1.05. The van der Waals surface area contributed by atoms with Crippen molar-refractivity contribution >= 4 is 27.7 Å². The predicted octanol–water partition coefficient (Wildman–Crippen LogP) is 0.901. The summed E-state index contributed by atoms with van der Waals surface area (Å²) < 4.78 is 6.04. The maximum Gasteiger partial charge on any atom is 0.311 e. The lowest BCUT2D eigenvalue weighted by atomic mass is 10.2. The van der Waals surface area contributed by atoms with Crippen LogP contribution in [0.5, 0.6) is 5.75 Å². The maximum absolute atomic E-state index is 11.3. The topological polar surface area (TPSA) is 72.6 Å². The zero-order chi connectivity index (χ0) is 13.0. The van der Waals surface area contributed by atoms with Crippen molar-refractivity contribution in [3.8, 4) is 5.75 Å². The van der Waals surface area contributed by atoms with Crippen LogP contribution in [0.2, 0.25) is 0 Å². The van der Waals surface area contributed by atoms with Gasteiger partial charge in [0.15, 0.2) is 0 Å². The molecular weight excluding hydrogens is 288 g/mol. The molecule has 5 nitrogen and oxygen atoms in total. The summed E-state index contributed by atoms with van der Waals surface area (Å²) in [4.78, 5) is 23.3. The van der Waals surface area contributed by atoms with Crippen molar-refractivity contribution < 1.29 is 14.3 Å². The number of rotatable bonds is 3. The van der Waals surface area contributed by atoms with Crippen LogP contribution in [0.3, 0.4) is 0 Å². The van der Waals surface area contributed by atoms with Crippen LogP contribution in [-0.4, -0.2) is 30.9 Å². The molecule has 1 aromatic rings. The Morgan fingerprint density at radius 2 is 2.12 bits per heavy atom. The van der Waals surface area contributed by atoms with Crippen LogP contribution in [0.4, 0.5) is 0 Å². The van der Waals surface area contributed by atoms with Crippen molar-refractivity contribution in [1.82, 2.24) is 4.90 Å². The van der Waals surface area contributed by atoms with E-state index in [-0.39, 0.29) is 6.54 Å². The SMILES string of the molecule is COc1ccc(Br)cc1CN(C)C(=O)C(N)=O. The third-order valence-corrected chi connectivity index (χ3v) is 2.70. The average Bonchev–Trinajstić information content (AvgIpc) is 2.28. The molecule has 0 saturated heterocycles. The molecule has 0 atom stereocenters. The Morgan fingerprint density at radius 1 is 1.47 bits per heavy atom. The van der Waals surface area contributed by atoms with Crippen molar-refractivity contribution in [1.29, 1.82) is 0 Å². The minimum Gasteiger partial charge on any atom is -0.496 e. The molecule has 0 spiro atoms. The molecule has 0 aliphatic carbocycles. The molecular formula is C11H13BrN2O3. The van der Waals surface area contributed by atoms with E-state index in [1.807, 2.05) is 12.1 Å². The first-order valence-electron chi connectivity index (χ1n) is 4.83. The van der Waals surface area contributed by atoms with Gasteiger partial charge in [-0.3, -0.25) is 9.59 Å². The molecule has 0 aliphatic heterocycles. The summed E-state index contributed by atoms with van der Waals surface area (Å²) in [6.07, 6.45) is 0. The van der Waals surface area contributed by atoms with E-state index in [1.54, 1.807) is 13.2 Å². The Morgan fingerprint density at radius 3 is 2.65 bits per heavy atom. The number of hydrogen-bond acceptors (Lipinski definition) is 3. The fraction of sp³-hybridized carbons (Fsp3) is 0.273. The van der Waals surface area contributed by atoms with Gasteiger partial charge in [0.2, 0.25) is 0 Å². The Kier molecular flexibility index (Phi) is 4.51. The molecule has 0 saturated carbocycles. The summed E-state index contributed by atoms with van der Waals surface area (Å²) in [6, 6.07) is 5.43. The molecule has 2 N–H and O–H groups in total. The largest absolute Gasteiger partial charge is 0.496 e. The number of amides is 2. The summed E-state index contributed by atoms with van der Waals surface area (Å²) in [5, 5.41) is 0. The van der Waals surface area contributed by atoms with Crippen LogP contribution >= 0.6 is 15.9 Å². The Balaban J connectivity index is 2.90. The smallest absolute Gasteiger partial charge is 0.311 e. The zero-order valence-electron chi connectivity index (χ0n) is 9.57. The van der Waals surface area contributed by atoms with Gasteiger partial charge < -0.3 is 15.4 Å². The molecule has 1 aromatic carbocycles. The number of carbonyl (C=O) groups is 2. The lowest BCUT2D eigenvalue weighted by molar-refractivity contribution is -0.143. The van der Waals surface area contributed by atoms with E-state index < -0.39 is 11.8 Å². The highest BCUT2D eigenvalue weighted by Gasteiger charge is 2.16. The van der Waals surface area contributed by atoms with Gasteiger partial charge in [-0.1, -0.05) is 15.9 Å². The molecule has 0 fully saturated rings. The van der Waals surface area contributed by atoms with E-state index >= 15 is 0 Å². The number of halogens is 1. The van der Waals surface area contributed by atoms with Crippen LogP contribution in [0.1, 0.15) is 5.56 Å². The standard InChI is InChI=1S/C11H13BrN2O3/c1-14(11(16)10(13)15)6-7-5-8(12)3-4-9(7)17-2/h3-5H,6H2,1-2H3,(H2,13,15). The van der Waals surface area contributed by atoms with E-state index in [0.717, 1.165) is 10.0 Å². The fourth-order valence-corrected chi connectivity index (χ4v) is 1.79. The monoisotopic (exact) mass is 300 g/mol. The van der Waals surface area contributed by atoms with Gasteiger partial charge in [0.1, 0.15) is 5.75 Å². The van der Waals surface area contributed by atoms with Crippen molar-refractivity contribution in [2.24, 2.45) is 5.73 Å². The summed E-state index contributed by atoms with van der Waals surface area (Å²) >= 11 is 3.33. The maximum atomic E-state index is 11.3. The van der Waals surface area contributed by atoms with Gasteiger partial charge in [0, 0.05) is 23.6 Å². The summed E-state index contributed by atoms with van der Waals surface area (Å²) in [6.45, 7) is 0.254. The number of carbonyl (C=O) groups excluding carboxylic acids is 2. The number of nitrogens with two attached hydrogens (primary N) is 1. The van der Waals surface area contributed by atoms with Gasteiger partial charge in [-0.05, 0) is 18.2 Å². The van der Waals surface area contributed by atoms with Crippen LogP contribution in [0, 0.1) is 0 Å². The zero-order valence-corrected chi connectivity index (χ0v) is 11.2. The molecule has 0 unspecified atom stereocenters. The van der Waals surface area contributed by atoms with Gasteiger partial charge in [-0.15, -0.1) is 0 Å². The quantitative estimate of drug-likeness (QED) is 0.843. The second-order valence-electron chi connectivity index (χ2n) is 3.48. The minimum atomic E-state index is -0.971. The van der Waals surface area contributed by atoms with Crippen molar-refractivity contribution in [3.63, 3.8) is 0 Å². The third kappa shape index (κ3) is 3.45. The first-order chi connectivity index (χ1) is 7.95. The molecule has 0 heterocycles. The van der Waals surface area contributed by atoms with E-state index in [0.29, 0.717) is 5.75 Å². The number of benzene rings is 1. The van der Waals surface area contributed by atoms with E-state index in [2.05, 4.69) is 15.9 Å². The Bertz CT molecular complexity index is 448. The normalized spacial score (nSPS) is 9.82. The number of methoxy groups -OCH3 is 1. The number of likely N-dealkylation sites (N-methyl/N-ethyl adjacent to an activating group) is 1. The van der Waals surface area contributed by atoms with Gasteiger partial charge >= 0.3 is 11.8 Å². The van der Waals surface area contributed by atoms with Gasteiger partial charge in [0.25, 0.3) is 0 Å². The van der Waals surface area contributed by atoms with Crippen LogP contribution < -0.4 is 10.5 Å². The summed E-state index contributed by atoms with van der Waals surface area (Å²) in [7, 11) is 3.05. The number of primary amides is 1. The number of hydrogen-bond donors (Lipinski definition) is 1. The lowest BCUT2D eigenvalue weighted by Gasteiger charge is -2.17. The first-order valence-corrected chi connectivity index (χ1v) is 5.62. The number of nitrogens with zero attached hydrogens (tertiary/aromatic N) is 1. The molecule has 1 rings (SSSR count). The molecule has 0 radical (unpaired) electrons. The minimum absolute atomic E-state index is 0.254. The fourth-order valence-electron chi connectivity index (χ4n) is 1.39. The van der Waals surface area contributed by atoms with E-state index in [1.165, 1.54) is 11.9 Å². The summed E-state index contributed by atoms with van der Waals surface area (Å²) in [5.41, 5.74) is 5.71. The van der Waals surface area contributed by atoms with Crippen LogP contribution in [-0.2, 0) is 16.1 Å². The Hall–Kier alpha value is -1.56. The molecule has 2 amide bonds. The molecule has 0 aliphatic rings. The van der Waals surface area contributed by atoms with Crippen LogP contribution in [0.15, 0.2) is 22.7 Å². The molecule has 0 aromatic heterocycles. The lowest BCUT2D eigenvalue weighted by Crippen LogP contribution is -2.37. The average molecular weight is 301 g/mol. The predicted molar refractivity (Wildman–Crippen MR) is 66.4 cm³/mol. The highest BCUT2D eigenvalue weighted by atomic mass is 79.9. The van der Waals surface area contributed by atoms with E-state index in [9.17, 15) is 9.59 Å². The van der Waals surface area contributed by atoms with Gasteiger partial charge in [-0.2, -0.15) is 0 Å². The van der Waals surface area contributed by atoms with Gasteiger partial charge in [0.05, 0.1) is 7.11 Å². The second kappa shape index (κ2) is 5.67. The third-order valence-electron chi connectivity index (χ3n) is 2.21. The second-order valence-corrected chi connectivity index (χ2v) is 4.40. The van der Waals surface area contributed by atoms with Crippen molar-refractivity contribution in [2.75, 3.05) is 14.2 Å². The Labute approximate surface area is 108 Å². The van der Waals surface area contributed by atoms with Crippen molar-refractivity contribution in [3.05, 3.63) is 28.2 Å². The molecule has 0 bridgehead atoms. The van der Waals surface area contributed by atoms with Crippen LogP contribution in [0.25, 0.3) is 0 Å². The van der Waals surface area contributed by atoms with E-state index in [4.69, 9.17) is 10.5 Å². The molecule has 17 heavy (non-hydrogen) atoms. The van der Waals surface area contributed by atoms with Gasteiger partial charge in [-0.25, -0.2) is 0 Å².